The van der Waals surface area contributed by atoms with Crippen LogP contribution in [-0.2, 0) is 14.4 Å². The van der Waals surface area contributed by atoms with E-state index in [1.54, 1.807) is 4.90 Å². The molecule has 0 bridgehead atoms. The first-order valence-electron chi connectivity index (χ1n) is 8.47. The molecule has 1 aromatic carbocycles. The zero-order chi connectivity index (χ0) is 17.5. The minimum Gasteiger partial charge on any atom is -0.348 e. The number of hydrogen-bond donors (Lipinski definition) is 1. The van der Waals surface area contributed by atoms with Crippen LogP contribution >= 0.6 is 0 Å². The number of likely N-dealkylation sites (N-methyl/N-ethyl adjacent to an activating group) is 1. The third-order valence-corrected chi connectivity index (χ3v) is 4.13. The number of hydrogen-bond acceptors (Lipinski definition) is 3. The van der Waals surface area contributed by atoms with E-state index in [1.165, 1.54) is 4.90 Å². The molecule has 0 saturated carbocycles. The van der Waals surface area contributed by atoms with Crippen LogP contribution in [0, 0.1) is 6.92 Å². The Morgan fingerprint density at radius 2 is 2.12 bits per heavy atom. The van der Waals surface area contributed by atoms with Gasteiger partial charge in [0.2, 0.25) is 5.91 Å². The number of rotatable bonds is 6. The Bertz CT molecular complexity index is 615. The van der Waals surface area contributed by atoms with Crippen LogP contribution in [0.5, 0.6) is 0 Å². The fraction of sp³-hybridized carbons (Fsp3) is 0.500. The molecule has 6 nitrogen and oxygen atoms in total. The van der Waals surface area contributed by atoms with Crippen LogP contribution in [-0.4, -0.2) is 48.8 Å². The van der Waals surface area contributed by atoms with Crippen LogP contribution in [0.2, 0.25) is 0 Å². The van der Waals surface area contributed by atoms with Crippen LogP contribution in [0.4, 0.5) is 5.69 Å². The van der Waals surface area contributed by atoms with E-state index < -0.39 is 11.8 Å². The highest BCUT2D eigenvalue weighted by Crippen LogP contribution is 2.16. The van der Waals surface area contributed by atoms with Crippen LogP contribution in [0.1, 0.15) is 31.7 Å². The van der Waals surface area contributed by atoms with Gasteiger partial charge in [0.05, 0.1) is 0 Å². The van der Waals surface area contributed by atoms with Gasteiger partial charge >= 0.3 is 11.8 Å². The summed E-state index contributed by atoms with van der Waals surface area (Å²) >= 11 is 0. The van der Waals surface area contributed by atoms with Gasteiger partial charge in [-0.05, 0) is 44.4 Å². The van der Waals surface area contributed by atoms with Gasteiger partial charge < -0.3 is 15.1 Å². The Balaban J connectivity index is 1.82. The summed E-state index contributed by atoms with van der Waals surface area (Å²) in [5.74, 6) is -0.986. The predicted molar refractivity (Wildman–Crippen MR) is 92.6 cm³/mol. The molecule has 1 fully saturated rings. The van der Waals surface area contributed by atoms with Gasteiger partial charge in [0.25, 0.3) is 0 Å². The number of aryl methyl sites for hydroxylation is 1. The molecule has 1 saturated heterocycles. The lowest BCUT2D eigenvalue weighted by molar-refractivity contribution is -0.137. The number of nitrogens with one attached hydrogen (secondary N) is 1. The number of carbonyl (C=O) groups is 3. The topological polar surface area (TPSA) is 69.7 Å². The highest BCUT2D eigenvalue weighted by molar-refractivity contribution is 6.40. The average Bonchev–Trinajstić information content (AvgIpc) is 2.97. The Kier molecular flexibility index (Phi) is 6.35. The summed E-state index contributed by atoms with van der Waals surface area (Å²) in [6.07, 6.45) is 2.18. The second kappa shape index (κ2) is 8.47. The Hall–Kier alpha value is -2.37. The molecule has 0 radical (unpaired) electrons. The summed E-state index contributed by atoms with van der Waals surface area (Å²) in [6.45, 7) is 6.02. The summed E-state index contributed by atoms with van der Waals surface area (Å²) in [4.78, 5) is 39.2. The van der Waals surface area contributed by atoms with Crippen molar-refractivity contribution in [2.24, 2.45) is 0 Å². The number of benzene rings is 1. The summed E-state index contributed by atoms with van der Waals surface area (Å²) in [6, 6.07) is 7.52. The molecule has 1 aliphatic heterocycles. The zero-order valence-electron chi connectivity index (χ0n) is 14.4. The van der Waals surface area contributed by atoms with E-state index in [-0.39, 0.29) is 5.91 Å². The monoisotopic (exact) mass is 331 g/mol. The van der Waals surface area contributed by atoms with Gasteiger partial charge in [-0.1, -0.05) is 12.1 Å². The highest BCUT2D eigenvalue weighted by Gasteiger charge is 2.22. The van der Waals surface area contributed by atoms with E-state index in [4.69, 9.17) is 0 Å². The molecule has 0 unspecified atom stereocenters. The normalized spacial score (nSPS) is 13.9. The van der Waals surface area contributed by atoms with E-state index in [9.17, 15) is 14.4 Å². The van der Waals surface area contributed by atoms with Crippen molar-refractivity contribution in [1.29, 1.82) is 0 Å². The minimum atomic E-state index is -0.605. The lowest BCUT2D eigenvalue weighted by atomic mass is 10.2. The lowest BCUT2D eigenvalue weighted by Crippen LogP contribution is -2.43. The number of anilines is 1. The van der Waals surface area contributed by atoms with Gasteiger partial charge in [-0.2, -0.15) is 0 Å². The van der Waals surface area contributed by atoms with Crippen molar-refractivity contribution in [2.75, 3.05) is 31.1 Å². The standard InChI is InChI=1S/C18H25N3O3/c1-3-21(15-8-4-7-14(2)13-15)18(24)17(23)19-10-6-12-20-11-5-9-16(20)22/h4,7-8,13H,3,5-6,9-12H2,1-2H3,(H,19,23). The summed E-state index contributed by atoms with van der Waals surface area (Å²) in [5, 5.41) is 2.65. The molecule has 1 heterocycles. The molecule has 0 aliphatic carbocycles. The second-order valence-electron chi connectivity index (χ2n) is 5.98. The number of likely N-dealkylation sites (tertiary alicyclic amines) is 1. The van der Waals surface area contributed by atoms with Gasteiger partial charge in [0.1, 0.15) is 0 Å². The Labute approximate surface area is 142 Å². The predicted octanol–water partition coefficient (Wildman–Crippen LogP) is 1.48. The molecule has 0 atom stereocenters. The van der Waals surface area contributed by atoms with E-state index in [0.29, 0.717) is 32.5 Å². The summed E-state index contributed by atoms with van der Waals surface area (Å²) in [7, 11) is 0. The van der Waals surface area contributed by atoms with E-state index in [0.717, 1.165) is 24.2 Å². The van der Waals surface area contributed by atoms with E-state index in [1.807, 2.05) is 38.1 Å². The van der Waals surface area contributed by atoms with Crippen molar-refractivity contribution in [3.05, 3.63) is 29.8 Å². The quantitative estimate of drug-likeness (QED) is 0.634. The van der Waals surface area contributed by atoms with Crippen LogP contribution in [0.25, 0.3) is 0 Å². The minimum absolute atomic E-state index is 0.175. The van der Waals surface area contributed by atoms with Crippen molar-refractivity contribution in [1.82, 2.24) is 10.2 Å². The maximum atomic E-state index is 12.3. The van der Waals surface area contributed by atoms with Crippen molar-refractivity contribution < 1.29 is 14.4 Å². The average molecular weight is 331 g/mol. The van der Waals surface area contributed by atoms with E-state index in [2.05, 4.69) is 5.32 Å². The number of carbonyl (C=O) groups excluding carboxylic acids is 3. The summed E-state index contributed by atoms with van der Waals surface area (Å²) < 4.78 is 0. The zero-order valence-corrected chi connectivity index (χ0v) is 14.4. The maximum Gasteiger partial charge on any atom is 0.316 e. The number of amides is 3. The van der Waals surface area contributed by atoms with Gasteiger partial charge in [-0.3, -0.25) is 14.4 Å². The molecular formula is C18H25N3O3. The maximum absolute atomic E-state index is 12.3. The molecule has 0 aromatic heterocycles. The third-order valence-electron chi connectivity index (χ3n) is 4.13. The SMILES string of the molecule is CCN(C(=O)C(=O)NCCCN1CCCC1=O)c1cccc(C)c1. The van der Waals surface area contributed by atoms with Gasteiger partial charge in [-0.25, -0.2) is 0 Å². The van der Waals surface area contributed by atoms with Gasteiger partial charge in [0, 0.05) is 38.3 Å². The van der Waals surface area contributed by atoms with Crippen molar-refractivity contribution in [3.63, 3.8) is 0 Å². The molecule has 1 aliphatic rings. The van der Waals surface area contributed by atoms with Gasteiger partial charge in [-0.15, -0.1) is 0 Å². The fourth-order valence-corrected chi connectivity index (χ4v) is 2.85. The fourth-order valence-electron chi connectivity index (χ4n) is 2.85. The Morgan fingerprint density at radius 1 is 1.33 bits per heavy atom. The van der Waals surface area contributed by atoms with E-state index >= 15 is 0 Å². The van der Waals surface area contributed by atoms with Crippen molar-refractivity contribution in [3.8, 4) is 0 Å². The van der Waals surface area contributed by atoms with Crippen LogP contribution in [0.3, 0.4) is 0 Å². The first kappa shape index (κ1) is 18.0. The largest absolute Gasteiger partial charge is 0.348 e. The summed E-state index contributed by atoms with van der Waals surface area (Å²) in [5.41, 5.74) is 1.76. The molecule has 2 rings (SSSR count). The lowest BCUT2D eigenvalue weighted by Gasteiger charge is -2.21. The second-order valence-corrected chi connectivity index (χ2v) is 5.98. The van der Waals surface area contributed by atoms with Gasteiger partial charge in [0.15, 0.2) is 0 Å². The number of nitrogens with zero attached hydrogens (tertiary/aromatic N) is 2. The highest BCUT2D eigenvalue weighted by atomic mass is 16.2. The molecule has 130 valence electrons. The first-order chi connectivity index (χ1) is 11.5. The molecule has 24 heavy (non-hydrogen) atoms. The molecule has 1 aromatic rings. The van der Waals surface area contributed by atoms with Crippen LogP contribution in [0.15, 0.2) is 24.3 Å². The smallest absolute Gasteiger partial charge is 0.316 e. The van der Waals surface area contributed by atoms with Crippen molar-refractivity contribution >= 4 is 23.4 Å². The Morgan fingerprint density at radius 3 is 2.75 bits per heavy atom. The molecule has 3 amide bonds. The molecule has 0 spiro atoms. The molecule has 6 heteroatoms. The first-order valence-corrected chi connectivity index (χ1v) is 8.47. The third kappa shape index (κ3) is 4.57. The molecular weight excluding hydrogens is 306 g/mol. The van der Waals surface area contributed by atoms with Crippen LogP contribution < -0.4 is 10.2 Å². The van der Waals surface area contributed by atoms with Crippen molar-refractivity contribution in [2.45, 2.75) is 33.1 Å². The molecule has 1 N–H and O–H groups in total.